The van der Waals surface area contributed by atoms with Gasteiger partial charge in [-0.05, 0) is 42.8 Å². The summed E-state index contributed by atoms with van der Waals surface area (Å²) in [6.45, 7) is 1.72. The van der Waals surface area contributed by atoms with Gasteiger partial charge < -0.3 is 15.0 Å². The van der Waals surface area contributed by atoms with Crippen molar-refractivity contribution in [2.75, 3.05) is 18.0 Å². The molecule has 2 aromatic carbocycles. The Bertz CT molecular complexity index is 851. The summed E-state index contributed by atoms with van der Waals surface area (Å²) >= 11 is 1.63. The second-order valence-electron chi connectivity index (χ2n) is 6.16. The summed E-state index contributed by atoms with van der Waals surface area (Å²) in [6, 6.07) is 17.0. The minimum Gasteiger partial charge on any atom is -0.457 e. The fourth-order valence-corrected chi connectivity index (χ4v) is 3.67. The second kappa shape index (κ2) is 7.58. The average molecular weight is 365 g/mol. The molecule has 1 amide bonds. The van der Waals surface area contributed by atoms with Crippen molar-refractivity contribution in [2.24, 2.45) is 0 Å². The van der Waals surface area contributed by atoms with E-state index in [2.05, 4.69) is 15.2 Å². The molecule has 2 heterocycles. The number of nitrogens with one attached hydrogen (secondary N) is 1. The lowest BCUT2D eigenvalue weighted by atomic mass is 10.2. The molecule has 5 nitrogen and oxygen atoms in total. The minimum atomic E-state index is -0.0535. The zero-order valence-electron chi connectivity index (χ0n) is 14.2. The molecule has 0 aliphatic carbocycles. The first-order valence-electron chi connectivity index (χ1n) is 8.56. The molecule has 132 valence electrons. The van der Waals surface area contributed by atoms with Crippen LogP contribution in [0.3, 0.4) is 0 Å². The highest BCUT2D eigenvalue weighted by Crippen LogP contribution is 2.23. The molecule has 26 heavy (non-hydrogen) atoms. The van der Waals surface area contributed by atoms with Gasteiger partial charge >= 0.3 is 0 Å². The molecular formula is C20H19N3O2S. The number of hydrogen-bond acceptors (Lipinski definition) is 5. The standard InChI is InChI=1S/C20H19N3O2S/c24-19(22-16-10-12-23(14-16)20-21-11-13-26-20)15-6-8-18(9-7-15)25-17-4-2-1-3-5-17/h1-9,11,13,16H,10,12,14H2,(H,22,24). The van der Waals surface area contributed by atoms with E-state index in [1.165, 1.54) is 0 Å². The van der Waals surface area contributed by atoms with Crippen molar-refractivity contribution in [3.05, 3.63) is 71.7 Å². The van der Waals surface area contributed by atoms with Crippen LogP contribution in [0.2, 0.25) is 0 Å². The number of nitrogens with zero attached hydrogens (tertiary/aromatic N) is 2. The average Bonchev–Trinajstić information content (AvgIpc) is 3.35. The number of para-hydroxylation sites is 1. The van der Waals surface area contributed by atoms with Crippen LogP contribution in [0.1, 0.15) is 16.8 Å². The number of hydrogen-bond donors (Lipinski definition) is 1. The van der Waals surface area contributed by atoms with Gasteiger partial charge in [-0.15, -0.1) is 11.3 Å². The first-order valence-corrected chi connectivity index (χ1v) is 9.44. The number of benzene rings is 2. The molecule has 1 aliphatic heterocycles. The third-order valence-electron chi connectivity index (χ3n) is 4.31. The summed E-state index contributed by atoms with van der Waals surface area (Å²) < 4.78 is 5.76. The van der Waals surface area contributed by atoms with Gasteiger partial charge in [0.25, 0.3) is 5.91 Å². The Morgan fingerprint density at radius 3 is 2.62 bits per heavy atom. The molecule has 3 aromatic rings. The smallest absolute Gasteiger partial charge is 0.251 e. The van der Waals surface area contributed by atoms with Crippen LogP contribution in [-0.4, -0.2) is 30.0 Å². The Balaban J connectivity index is 1.33. The molecule has 1 aromatic heterocycles. The molecular weight excluding hydrogens is 346 g/mol. The largest absolute Gasteiger partial charge is 0.457 e. The van der Waals surface area contributed by atoms with E-state index in [0.717, 1.165) is 30.4 Å². The maximum atomic E-state index is 12.5. The molecule has 0 spiro atoms. The van der Waals surface area contributed by atoms with Gasteiger partial charge in [0.2, 0.25) is 0 Å². The van der Waals surface area contributed by atoms with Gasteiger partial charge in [-0.1, -0.05) is 18.2 Å². The Labute approximate surface area is 156 Å². The predicted octanol–water partition coefficient (Wildman–Crippen LogP) is 3.94. The lowest BCUT2D eigenvalue weighted by molar-refractivity contribution is 0.0940. The van der Waals surface area contributed by atoms with Crippen molar-refractivity contribution < 1.29 is 9.53 Å². The van der Waals surface area contributed by atoms with Crippen LogP contribution in [0.4, 0.5) is 5.13 Å². The van der Waals surface area contributed by atoms with Crippen molar-refractivity contribution >= 4 is 22.4 Å². The highest BCUT2D eigenvalue weighted by molar-refractivity contribution is 7.13. The van der Waals surface area contributed by atoms with E-state index in [0.29, 0.717) is 11.3 Å². The summed E-state index contributed by atoms with van der Waals surface area (Å²) in [7, 11) is 0. The van der Waals surface area contributed by atoms with Crippen molar-refractivity contribution in [1.82, 2.24) is 10.3 Å². The Morgan fingerprint density at radius 1 is 1.12 bits per heavy atom. The van der Waals surface area contributed by atoms with Crippen LogP contribution in [-0.2, 0) is 0 Å². The second-order valence-corrected chi connectivity index (χ2v) is 7.03. The summed E-state index contributed by atoms with van der Waals surface area (Å²) in [4.78, 5) is 19.0. The van der Waals surface area contributed by atoms with Crippen LogP contribution in [0.25, 0.3) is 0 Å². The number of rotatable bonds is 5. The zero-order chi connectivity index (χ0) is 17.8. The maximum Gasteiger partial charge on any atom is 0.251 e. The van der Waals surface area contributed by atoms with E-state index in [1.807, 2.05) is 54.0 Å². The third-order valence-corrected chi connectivity index (χ3v) is 5.14. The fraction of sp³-hybridized carbons (Fsp3) is 0.200. The minimum absolute atomic E-state index is 0.0535. The van der Waals surface area contributed by atoms with Crippen LogP contribution in [0.15, 0.2) is 66.2 Å². The lowest BCUT2D eigenvalue weighted by Crippen LogP contribution is -2.37. The molecule has 1 atom stereocenters. The van der Waals surface area contributed by atoms with Crippen LogP contribution in [0.5, 0.6) is 11.5 Å². The Hall–Kier alpha value is -2.86. The van der Waals surface area contributed by atoms with E-state index in [1.54, 1.807) is 23.5 Å². The molecule has 4 rings (SSSR count). The highest BCUT2D eigenvalue weighted by Gasteiger charge is 2.25. The molecule has 1 aliphatic rings. The van der Waals surface area contributed by atoms with Gasteiger partial charge in [0.1, 0.15) is 11.5 Å². The summed E-state index contributed by atoms with van der Waals surface area (Å²) in [5.74, 6) is 1.43. The summed E-state index contributed by atoms with van der Waals surface area (Å²) in [5.41, 5.74) is 0.637. The molecule has 1 saturated heterocycles. The topological polar surface area (TPSA) is 54.5 Å². The quantitative estimate of drug-likeness (QED) is 0.744. The summed E-state index contributed by atoms with van der Waals surface area (Å²) in [5, 5.41) is 6.10. The molecule has 0 bridgehead atoms. The number of thiazole rings is 1. The molecule has 1 N–H and O–H groups in total. The molecule has 0 radical (unpaired) electrons. The molecule has 1 fully saturated rings. The van der Waals surface area contributed by atoms with Gasteiger partial charge in [-0.2, -0.15) is 0 Å². The normalized spacial score (nSPS) is 16.5. The zero-order valence-corrected chi connectivity index (χ0v) is 15.0. The number of carbonyl (C=O) groups is 1. The molecule has 6 heteroatoms. The van der Waals surface area contributed by atoms with Crippen molar-refractivity contribution in [3.8, 4) is 11.5 Å². The van der Waals surface area contributed by atoms with Gasteiger partial charge in [0.15, 0.2) is 5.13 Å². The first-order chi connectivity index (χ1) is 12.8. The Morgan fingerprint density at radius 2 is 1.88 bits per heavy atom. The number of carbonyl (C=O) groups excluding carboxylic acids is 1. The molecule has 1 unspecified atom stereocenters. The van der Waals surface area contributed by atoms with Crippen molar-refractivity contribution in [2.45, 2.75) is 12.5 Å². The van der Waals surface area contributed by atoms with E-state index < -0.39 is 0 Å². The van der Waals surface area contributed by atoms with Crippen LogP contribution < -0.4 is 15.0 Å². The Kier molecular flexibility index (Phi) is 4.84. The van der Waals surface area contributed by atoms with E-state index >= 15 is 0 Å². The highest BCUT2D eigenvalue weighted by atomic mass is 32.1. The van der Waals surface area contributed by atoms with E-state index in [9.17, 15) is 4.79 Å². The summed E-state index contributed by atoms with van der Waals surface area (Å²) in [6.07, 6.45) is 2.74. The van der Waals surface area contributed by atoms with Crippen LogP contribution in [0, 0.1) is 0 Å². The number of amides is 1. The fourth-order valence-electron chi connectivity index (χ4n) is 2.99. The number of ether oxygens (including phenoxy) is 1. The van der Waals surface area contributed by atoms with Crippen LogP contribution >= 0.6 is 11.3 Å². The van der Waals surface area contributed by atoms with E-state index in [4.69, 9.17) is 4.74 Å². The van der Waals surface area contributed by atoms with E-state index in [-0.39, 0.29) is 11.9 Å². The monoisotopic (exact) mass is 365 g/mol. The SMILES string of the molecule is O=C(NC1CCN(c2nccs2)C1)c1ccc(Oc2ccccc2)cc1. The van der Waals surface area contributed by atoms with Gasteiger partial charge in [-0.3, -0.25) is 4.79 Å². The number of anilines is 1. The number of aromatic nitrogens is 1. The molecule has 0 saturated carbocycles. The maximum absolute atomic E-state index is 12.5. The van der Waals surface area contributed by atoms with Crippen molar-refractivity contribution in [3.63, 3.8) is 0 Å². The van der Waals surface area contributed by atoms with Crippen molar-refractivity contribution in [1.29, 1.82) is 0 Å². The third kappa shape index (κ3) is 3.86. The predicted molar refractivity (Wildman–Crippen MR) is 103 cm³/mol. The first kappa shape index (κ1) is 16.6. The lowest BCUT2D eigenvalue weighted by Gasteiger charge is -2.16. The van der Waals surface area contributed by atoms with Gasteiger partial charge in [0.05, 0.1) is 0 Å². The van der Waals surface area contributed by atoms with Gasteiger partial charge in [0, 0.05) is 36.3 Å². The van der Waals surface area contributed by atoms with Gasteiger partial charge in [-0.25, -0.2) is 4.98 Å².